The Balaban J connectivity index is 0.000000141. The van der Waals surface area contributed by atoms with Crippen molar-refractivity contribution < 1.29 is 20.1 Å². The number of rotatable bonds is 1. The molecule has 7 aliphatic carbocycles. The van der Waals surface area contributed by atoms with Crippen LogP contribution in [0.3, 0.4) is 0 Å². The summed E-state index contributed by atoms with van der Waals surface area (Å²) in [5, 5.41) is 31.1. The first kappa shape index (κ1) is 29.4. The first-order valence-corrected chi connectivity index (χ1v) is 17.3. The molecule has 4 nitrogen and oxygen atoms in total. The van der Waals surface area contributed by atoms with Gasteiger partial charge in [0.05, 0.1) is 6.10 Å². The van der Waals surface area contributed by atoms with Crippen LogP contribution >= 0.6 is 0 Å². The maximum Gasteiger partial charge on any atom is 0.155 e. The summed E-state index contributed by atoms with van der Waals surface area (Å²) in [6.07, 6.45) is 25.6. The third-order valence-corrected chi connectivity index (χ3v) is 14.2. The molecule has 0 bridgehead atoms. The van der Waals surface area contributed by atoms with Crippen molar-refractivity contribution in [2.75, 3.05) is 0 Å². The predicted octanol–water partition coefficient (Wildman–Crippen LogP) is 7.27. The molecule has 0 amide bonds. The Bertz CT molecular complexity index is 1380. The Labute approximate surface area is 258 Å². The second-order valence-corrected chi connectivity index (χ2v) is 15.5. The number of aliphatic hydroxyl groups excluding tert-OH is 1. The van der Waals surface area contributed by atoms with Gasteiger partial charge in [-0.3, -0.25) is 4.79 Å². The molecule has 0 heterocycles. The van der Waals surface area contributed by atoms with Crippen molar-refractivity contribution in [1.29, 1.82) is 0 Å². The molecule has 11 atom stereocenters. The van der Waals surface area contributed by atoms with E-state index in [0.29, 0.717) is 53.5 Å². The highest BCUT2D eigenvalue weighted by molar-refractivity contribution is 5.91. The van der Waals surface area contributed by atoms with Crippen molar-refractivity contribution in [3.05, 3.63) is 53.1 Å². The summed E-state index contributed by atoms with van der Waals surface area (Å²) in [6, 6.07) is 5.96. The summed E-state index contributed by atoms with van der Waals surface area (Å²) in [6.45, 7) is 4.49. The van der Waals surface area contributed by atoms with Gasteiger partial charge in [0.1, 0.15) is 11.4 Å². The van der Waals surface area contributed by atoms with Crippen LogP contribution in [0.5, 0.6) is 5.75 Å². The number of fused-ring (bicyclic) bond motifs is 10. The monoisotopic (exact) mass is 582 g/mol. The Morgan fingerprint density at radius 1 is 0.953 bits per heavy atom. The van der Waals surface area contributed by atoms with E-state index in [-0.39, 0.29) is 16.9 Å². The number of aromatic hydroxyl groups is 1. The van der Waals surface area contributed by atoms with Gasteiger partial charge < -0.3 is 15.3 Å². The molecule has 4 saturated carbocycles. The molecule has 0 unspecified atom stereocenters. The van der Waals surface area contributed by atoms with Crippen LogP contribution in [0.4, 0.5) is 0 Å². The Kier molecular flexibility index (Phi) is 7.26. The smallest absolute Gasteiger partial charge is 0.155 e. The van der Waals surface area contributed by atoms with Crippen LogP contribution in [-0.2, 0) is 11.2 Å². The van der Waals surface area contributed by atoms with E-state index < -0.39 is 5.60 Å². The van der Waals surface area contributed by atoms with Gasteiger partial charge >= 0.3 is 0 Å². The van der Waals surface area contributed by atoms with Gasteiger partial charge in [0.15, 0.2) is 5.78 Å². The number of benzene rings is 1. The number of terminal acetylenes is 1. The predicted molar refractivity (Wildman–Crippen MR) is 169 cm³/mol. The van der Waals surface area contributed by atoms with Gasteiger partial charge in [0, 0.05) is 11.8 Å². The summed E-state index contributed by atoms with van der Waals surface area (Å²) in [5.74, 6) is 7.77. The number of hydrogen-bond donors (Lipinski definition) is 3. The van der Waals surface area contributed by atoms with E-state index >= 15 is 0 Å². The van der Waals surface area contributed by atoms with Crippen LogP contribution in [0.25, 0.3) is 0 Å². The van der Waals surface area contributed by atoms with E-state index in [1.165, 1.54) is 36.0 Å². The number of phenolic OH excluding ortho intramolecular Hbond substituents is 1. The summed E-state index contributed by atoms with van der Waals surface area (Å²) >= 11 is 0. The fourth-order valence-corrected chi connectivity index (χ4v) is 11.9. The van der Waals surface area contributed by atoms with Crippen molar-refractivity contribution in [3.8, 4) is 18.1 Å². The number of allylic oxidation sites excluding steroid dienone is 3. The lowest BCUT2D eigenvalue weighted by molar-refractivity contribution is -0.116. The van der Waals surface area contributed by atoms with E-state index in [9.17, 15) is 20.1 Å². The van der Waals surface area contributed by atoms with Crippen LogP contribution < -0.4 is 0 Å². The molecule has 8 rings (SSSR count). The number of hydrogen-bond acceptors (Lipinski definition) is 4. The van der Waals surface area contributed by atoms with Crippen LogP contribution in [-0.4, -0.2) is 32.8 Å². The molecule has 7 aliphatic rings. The largest absolute Gasteiger partial charge is 0.508 e. The van der Waals surface area contributed by atoms with Gasteiger partial charge in [-0.1, -0.05) is 37.5 Å². The van der Waals surface area contributed by atoms with E-state index in [1.54, 1.807) is 0 Å². The molecule has 4 fully saturated rings. The zero-order chi connectivity index (χ0) is 30.1. The van der Waals surface area contributed by atoms with Crippen LogP contribution in [0, 0.1) is 58.7 Å². The second-order valence-electron chi connectivity index (χ2n) is 15.5. The van der Waals surface area contributed by atoms with Crippen molar-refractivity contribution in [2.24, 2.45) is 46.3 Å². The third-order valence-electron chi connectivity index (χ3n) is 14.2. The maximum atomic E-state index is 11.7. The molecule has 4 heteroatoms. The zero-order valence-electron chi connectivity index (χ0n) is 26.1. The molecule has 0 saturated heterocycles. The van der Waals surface area contributed by atoms with Gasteiger partial charge in [0.25, 0.3) is 0 Å². The summed E-state index contributed by atoms with van der Waals surface area (Å²) in [4.78, 5) is 11.7. The minimum Gasteiger partial charge on any atom is -0.508 e. The molecule has 43 heavy (non-hydrogen) atoms. The van der Waals surface area contributed by atoms with E-state index in [2.05, 4.69) is 31.9 Å². The maximum absolute atomic E-state index is 11.7. The molecular formula is C39H50O4. The zero-order valence-corrected chi connectivity index (χ0v) is 26.1. The normalized spacial score (nSPS) is 45.6. The number of carbonyl (C=O) groups excluding carboxylic acids is 1. The Hall–Kier alpha value is -2.35. The molecule has 0 aromatic heterocycles. The van der Waals surface area contributed by atoms with Crippen molar-refractivity contribution in [2.45, 2.75) is 115 Å². The summed E-state index contributed by atoms with van der Waals surface area (Å²) < 4.78 is 0. The van der Waals surface area contributed by atoms with Crippen molar-refractivity contribution in [1.82, 2.24) is 0 Å². The number of aliphatic hydroxyl groups is 2. The summed E-state index contributed by atoms with van der Waals surface area (Å²) in [7, 11) is 0. The first-order chi connectivity index (χ1) is 20.6. The Morgan fingerprint density at radius 3 is 2.56 bits per heavy atom. The molecule has 230 valence electrons. The fourth-order valence-electron chi connectivity index (χ4n) is 11.9. The number of aryl methyl sites for hydroxylation is 1. The van der Waals surface area contributed by atoms with E-state index in [4.69, 9.17) is 6.42 Å². The third kappa shape index (κ3) is 4.35. The molecule has 0 spiro atoms. The van der Waals surface area contributed by atoms with Crippen LogP contribution in [0.1, 0.15) is 108 Å². The van der Waals surface area contributed by atoms with Gasteiger partial charge in [-0.05, 0) is 159 Å². The van der Waals surface area contributed by atoms with Gasteiger partial charge in [0.2, 0.25) is 0 Å². The average molecular weight is 583 g/mol. The highest BCUT2D eigenvalue weighted by Crippen LogP contribution is 2.64. The molecule has 0 radical (unpaired) electrons. The quantitative estimate of drug-likeness (QED) is 0.240. The van der Waals surface area contributed by atoms with E-state index in [0.717, 1.165) is 63.7 Å². The highest BCUT2D eigenvalue weighted by Gasteiger charge is 2.61. The first-order valence-electron chi connectivity index (χ1n) is 17.3. The lowest BCUT2D eigenvalue weighted by Gasteiger charge is -2.55. The van der Waals surface area contributed by atoms with Gasteiger partial charge in [-0.2, -0.15) is 0 Å². The SMILES string of the molecule is C#C[C@]1(O)C=C[C@H]2[C@@H]3CCC4=CC(=O)CC[C@@H]4[C@H]3CC[C@@]21CC.C[C@]12CC[C@@H]3c4ccc(O)cc4CC[C@H]3[C@@H]1CC[C@@H]2O. The van der Waals surface area contributed by atoms with Crippen molar-refractivity contribution >= 4 is 5.78 Å². The second kappa shape index (κ2) is 10.6. The number of carbonyl (C=O) groups is 1. The molecule has 1 aromatic carbocycles. The fraction of sp³-hybridized carbons (Fsp3) is 0.667. The molecule has 0 aliphatic heterocycles. The topological polar surface area (TPSA) is 77.8 Å². The molecule has 3 N–H and O–H groups in total. The molecule has 1 aromatic rings. The number of phenols is 1. The standard InChI is InChI=1S/C21H26O2.C18H24O2/c1-3-20-11-9-17-16-8-6-15(22)13-14(16)5-7-18(17)19(20)10-12-21(20,23)4-2;1-18-9-8-14-13-5-3-12(19)10-11(13)2-4-15(14)16(18)6-7-17(18)20/h2,10,12-13,16-19,23H,3,5-9,11H2,1H3;3,5,10,14-17,19-20H,2,4,6-9H2,1H3/t16-,17+,18+,19-,20-,21-;14-,15-,16+,17+,18+/m01/s1. The van der Waals surface area contributed by atoms with Crippen LogP contribution in [0.15, 0.2) is 42.0 Å². The highest BCUT2D eigenvalue weighted by atomic mass is 16.3. The Morgan fingerprint density at radius 2 is 1.77 bits per heavy atom. The molecular weight excluding hydrogens is 532 g/mol. The van der Waals surface area contributed by atoms with Crippen LogP contribution in [0.2, 0.25) is 0 Å². The van der Waals surface area contributed by atoms with Gasteiger partial charge in [-0.15, -0.1) is 6.42 Å². The minimum absolute atomic E-state index is 0.0883. The average Bonchev–Trinajstić information content (AvgIpc) is 3.50. The minimum atomic E-state index is -1.07. The summed E-state index contributed by atoms with van der Waals surface area (Å²) in [5.41, 5.74) is 3.15. The lowest BCUT2D eigenvalue weighted by atomic mass is 9.49. The number of ketones is 1. The van der Waals surface area contributed by atoms with Crippen molar-refractivity contribution in [3.63, 3.8) is 0 Å². The van der Waals surface area contributed by atoms with E-state index in [1.807, 2.05) is 24.3 Å². The lowest BCUT2D eigenvalue weighted by Crippen LogP contribution is -2.54. The van der Waals surface area contributed by atoms with Gasteiger partial charge in [-0.25, -0.2) is 0 Å².